The molecule has 0 saturated heterocycles. The lowest BCUT2D eigenvalue weighted by Gasteiger charge is -1.99. The number of nitrogens with zero attached hydrogens (tertiary/aromatic N) is 1. The average molecular weight is 249 g/mol. The van der Waals surface area contributed by atoms with Crippen LogP contribution in [0.25, 0.3) is 0 Å². The van der Waals surface area contributed by atoms with E-state index in [9.17, 15) is 8.42 Å². The molecule has 0 saturated carbocycles. The van der Waals surface area contributed by atoms with Gasteiger partial charge in [0.15, 0.2) is 9.84 Å². The van der Waals surface area contributed by atoms with E-state index >= 15 is 0 Å². The van der Waals surface area contributed by atoms with Gasteiger partial charge in [0.05, 0.1) is 22.2 Å². The molecule has 0 spiro atoms. The molecule has 1 heterocycles. The van der Waals surface area contributed by atoms with Crippen molar-refractivity contribution in [3.63, 3.8) is 0 Å². The Bertz CT molecular complexity index is 397. The van der Waals surface area contributed by atoms with E-state index in [1.807, 2.05) is 6.92 Å². The average Bonchev–Trinajstić information content (AvgIpc) is 2.62. The summed E-state index contributed by atoms with van der Waals surface area (Å²) in [6.07, 6.45) is 1.13. The first-order valence-corrected chi connectivity index (χ1v) is 7.52. The summed E-state index contributed by atoms with van der Waals surface area (Å²) in [7, 11) is -3.11. The highest BCUT2D eigenvalue weighted by Crippen LogP contribution is 2.13. The molecular weight excluding hydrogens is 234 g/mol. The second-order valence-corrected chi connectivity index (χ2v) is 6.38. The van der Waals surface area contributed by atoms with Crippen LogP contribution in [0.5, 0.6) is 0 Å². The van der Waals surface area contributed by atoms with Crippen molar-refractivity contribution in [3.05, 3.63) is 16.1 Å². The van der Waals surface area contributed by atoms with Gasteiger partial charge in [-0.3, -0.25) is 0 Å². The summed E-state index contributed by atoms with van der Waals surface area (Å²) < 4.78 is 23.0. The smallest absolute Gasteiger partial charge is 0.156 e. The van der Waals surface area contributed by atoms with E-state index in [0.717, 1.165) is 11.4 Å². The van der Waals surface area contributed by atoms with E-state index in [2.05, 4.69) is 4.98 Å². The van der Waals surface area contributed by atoms with Gasteiger partial charge >= 0.3 is 0 Å². The molecule has 0 atom stereocenters. The van der Waals surface area contributed by atoms with E-state index < -0.39 is 9.84 Å². The summed E-state index contributed by atoms with van der Waals surface area (Å²) in [6, 6.07) is 0. The Morgan fingerprint density at radius 1 is 1.53 bits per heavy atom. The van der Waals surface area contributed by atoms with Crippen molar-refractivity contribution in [2.75, 3.05) is 12.4 Å². The van der Waals surface area contributed by atoms with Crippen LogP contribution in [-0.2, 0) is 22.0 Å². The number of aliphatic hydroxyl groups excluding tert-OH is 1. The zero-order chi connectivity index (χ0) is 11.3. The molecule has 0 bridgehead atoms. The molecule has 1 aromatic heterocycles. The van der Waals surface area contributed by atoms with Crippen LogP contribution in [0.3, 0.4) is 0 Å². The Morgan fingerprint density at radius 3 is 2.80 bits per heavy atom. The van der Waals surface area contributed by atoms with E-state index in [-0.39, 0.29) is 18.1 Å². The first-order valence-electron chi connectivity index (χ1n) is 4.82. The highest BCUT2D eigenvalue weighted by Gasteiger charge is 2.13. The SMILES string of the molecule is CCc1nc(CS(=O)(=O)CCCO)cs1. The fourth-order valence-electron chi connectivity index (χ4n) is 1.16. The molecule has 0 aliphatic heterocycles. The van der Waals surface area contributed by atoms with Crippen LogP contribution in [0.1, 0.15) is 24.0 Å². The summed E-state index contributed by atoms with van der Waals surface area (Å²) in [4.78, 5) is 4.20. The molecule has 6 heteroatoms. The fourth-order valence-corrected chi connectivity index (χ4v) is 3.32. The lowest BCUT2D eigenvalue weighted by atomic mass is 10.5. The number of aromatic nitrogens is 1. The van der Waals surface area contributed by atoms with Gasteiger partial charge in [-0.05, 0) is 12.8 Å². The normalized spacial score (nSPS) is 11.9. The number of sulfone groups is 1. The van der Waals surface area contributed by atoms with Crippen molar-refractivity contribution in [1.29, 1.82) is 0 Å². The molecule has 1 N–H and O–H groups in total. The highest BCUT2D eigenvalue weighted by molar-refractivity contribution is 7.90. The van der Waals surface area contributed by atoms with Crippen molar-refractivity contribution < 1.29 is 13.5 Å². The van der Waals surface area contributed by atoms with Crippen LogP contribution in [0.4, 0.5) is 0 Å². The van der Waals surface area contributed by atoms with Crippen LogP contribution >= 0.6 is 11.3 Å². The molecular formula is C9H15NO3S2. The van der Waals surface area contributed by atoms with Gasteiger partial charge in [0.2, 0.25) is 0 Å². The topological polar surface area (TPSA) is 67.3 Å². The minimum atomic E-state index is -3.11. The molecule has 0 radical (unpaired) electrons. The Balaban J connectivity index is 2.60. The van der Waals surface area contributed by atoms with Gasteiger partial charge in [-0.2, -0.15) is 0 Å². The predicted molar refractivity (Wildman–Crippen MR) is 60.7 cm³/mol. The van der Waals surface area contributed by atoms with E-state index in [1.165, 1.54) is 11.3 Å². The fraction of sp³-hybridized carbons (Fsp3) is 0.667. The molecule has 0 amide bonds. The molecule has 4 nitrogen and oxygen atoms in total. The van der Waals surface area contributed by atoms with Crippen LogP contribution in [0.2, 0.25) is 0 Å². The highest BCUT2D eigenvalue weighted by atomic mass is 32.2. The summed E-state index contributed by atoms with van der Waals surface area (Å²) in [5.74, 6) is 0.0198. The third kappa shape index (κ3) is 4.27. The maximum absolute atomic E-state index is 11.5. The number of hydrogen-bond acceptors (Lipinski definition) is 5. The van der Waals surface area contributed by atoms with Crippen LogP contribution in [-0.4, -0.2) is 30.9 Å². The number of thiazole rings is 1. The maximum atomic E-state index is 11.5. The molecule has 86 valence electrons. The third-order valence-electron chi connectivity index (χ3n) is 1.88. The summed E-state index contributed by atoms with van der Waals surface area (Å²) in [6.45, 7) is 1.90. The molecule has 0 aromatic carbocycles. The standard InChI is InChI=1S/C9H15NO3S2/c1-2-9-10-8(6-14-9)7-15(12,13)5-3-4-11/h6,11H,2-5,7H2,1H3. The minimum absolute atomic E-state index is 0.0104. The largest absolute Gasteiger partial charge is 0.396 e. The monoisotopic (exact) mass is 249 g/mol. The van der Waals surface area contributed by atoms with Crippen molar-refractivity contribution in [3.8, 4) is 0 Å². The second kappa shape index (κ2) is 5.58. The summed E-state index contributed by atoms with van der Waals surface area (Å²) >= 11 is 1.49. The molecule has 1 aromatic rings. The van der Waals surface area contributed by atoms with Gasteiger partial charge < -0.3 is 5.11 Å². The number of aliphatic hydroxyl groups is 1. The molecule has 0 aliphatic rings. The lowest BCUT2D eigenvalue weighted by Crippen LogP contribution is -2.10. The maximum Gasteiger partial charge on any atom is 0.156 e. The molecule has 0 fully saturated rings. The van der Waals surface area contributed by atoms with Gasteiger partial charge in [-0.1, -0.05) is 6.92 Å². The zero-order valence-electron chi connectivity index (χ0n) is 8.64. The minimum Gasteiger partial charge on any atom is -0.396 e. The molecule has 1 rings (SSSR count). The molecule has 0 aliphatic carbocycles. The van der Waals surface area contributed by atoms with Gasteiger partial charge in [-0.15, -0.1) is 11.3 Å². The Hall–Kier alpha value is -0.460. The van der Waals surface area contributed by atoms with E-state index in [1.54, 1.807) is 5.38 Å². The molecule has 0 unspecified atom stereocenters. The van der Waals surface area contributed by atoms with Gasteiger partial charge in [-0.25, -0.2) is 13.4 Å². The Labute approximate surface area is 93.9 Å². The lowest BCUT2D eigenvalue weighted by molar-refractivity contribution is 0.295. The zero-order valence-corrected chi connectivity index (χ0v) is 10.3. The second-order valence-electron chi connectivity index (χ2n) is 3.26. The third-order valence-corrected chi connectivity index (χ3v) is 4.57. The first-order chi connectivity index (χ1) is 7.07. The van der Waals surface area contributed by atoms with Crippen molar-refractivity contribution >= 4 is 21.2 Å². The van der Waals surface area contributed by atoms with Gasteiger partial charge in [0.1, 0.15) is 0 Å². The van der Waals surface area contributed by atoms with E-state index in [0.29, 0.717) is 12.1 Å². The van der Waals surface area contributed by atoms with E-state index in [4.69, 9.17) is 5.11 Å². The number of hydrogen-bond donors (Lipinski definition) is 1. The van der Waals surface area contributed by atoms with Crippen LogP contribution < -0.4 is 0 Å². The number of rotatable bonds is 6. The Morgan fingerprint density at radius 2 is 2.27 bits per heavy atom. The quantitative estimate of drug-likeness (QED) is 0.817. The van der Waals surface area contributed by atoms with Crippen molar-refractivity contribution in [2.45, 2.75) is 25.5 Å². The Kier molecular flexibility index (Phi) is 4.69. The van der Waals surface area contributed by atoms with Gasteiger partial charge in [0, 0.05) is 12.0 Å². The molecule has 15 heavy (non-hydrogen) atoms. The van der Waals surface area contributed by atoms with Crippen molar-refractivity contribution in [1.82, 2.24) is 4.98 Å². The van der Waals surface area contributed by atoms with Crippen molar-refractivity contribution in [2.24, 2.45) is 0 Å². The summed E-state index contributed by atoms with van der Waals surface area (Å²) in [5, 5.41) is 11.3. The van der Waals surface area contributed by atoms with Crippen LogP contribution in [0, 0.1) is 0 Å². The predicted octanol–water partition coefficient (Wildman–Crippen LogP) is 1.00. The number of aryl methyl sites for hydroxylation is 1. The first kappa shape index (κ1) is 12.6. The van der Waals surface area contributed by atoms with Crippen LogP contribution in [0.15, 0.2) is 5.38 Å². The summed E-state index contributed by atoms with van der Waals surface area (Å²) in [5.41, 5.74) is 0.620. The van der Waals surface area contributed by atoms with Gasteiger partial charge in [0.25, 0.3) is 0 Å².